The number of hydrogen-bond acceptors (Lipinski definition) is 3. The average molecular weight is 291 g/mol. The summed E-state index contributed by atoms with van der Waals surface area (Å²) in [5.41, 5.74) is 0.805. The fourth-order valence-electron chi connectivity index (χ4n) is 1.65. The Balaban J connectivity index is 2.75. The van der Waals surface area contributed by atoms with Gasteiger partial charge in [-0.2, -0.15) is 5.26 Å². The zero-order valence-electron chi connectivity index (χ0n) is 12.2. The fraction of sp³-hybridized carbons (Fsp3) is 0.467. The van der Waals surface area contributed by atoms with E-state index in [9.17, 15) is 4.79 Å². The van der Waals surface area contributed by atoms with Crippen LogP contribution in [0.15, 0.2) is 29.2 Å². The molecular formula is C15H21N3OS. The van der Waals surface area contributed by atoms with E-state index in [-0.39, 0.29) is 11.9 Å². The molecule has 1 unspecified atom stereocenters. The number of hydrogen-bond donors (Lipinski definition) is 1. The van der Waals surface area contributed by atoms with Crippen molar-refractivity contribution in [3.05, 3.63) is 24.3 Å². The van der Waals surface area contributed by atoms with E-state index in [4.69, 9.17) is 5.26 Å². The van der Waals surface area contributed by atoms with Gasteiger partial charge in [-0.05, 0) is 32.9 Å². The number of anilines is 1. The maximum atomic E-state index is 12.1. The first-order valence-electron chi connectivity index (χ1n) is 6.79. The van der Waals surface area contributed by atoms with Crippen molar-refractivity contribution in [3.63, 3.8) is 0 Å². The Morgan fingerprint density at radius 1 is 1.40 bits per heavy atom. The summed E-state index contributed by atoms with van der Waals surface area (Å²) in [6, 6.07) is 9.82. The molecule has 1 aromatic rings. The summed E-state index contributed by atoms with van der Waals surface area (Å²) in [6.45, 7) is 7.17. The maximum Gasteiger partial charge on any atom is 0.321 e. The van der Waals surface area contributed by atoms with E-state index < -0.39 is 0 Å². The Hall–Kier alpha value is -1.67. The minimum Gasteiger partial charge on any atom is -0.325 e. The van der Waals surface area contributed by atoms with Crippen molar-refractivity contribution >= 4 is 23.5 Å². The average Bonchev–Trinajstić information content (AvgIpc) is 2.47. The molecule has 0 saturated carbocycles. The number of urea groups is 1. The van der Waals surface area contributed by atoms with Crippen LogP contribution >= 0.6 is 11.8 Å². The van der Waals surface area contributed by atoms with Gasteiger partial charge in [-0.3, -0.25) is 0 Å². The minimum atomic E-state index is -0.0867. The molecule has 0 fully saturated rings. The van der Waals surface area contributed by atoms with Gasteiger partial charge < -0.3 is 10.2 Å². The van der Waals surface area contributed by atoms with Crippen LogP contribution in [0, 0.1) is 17.2 Å². The van der Waals surface area contributed by atoms with E-state index in [2.05, 4.69) is 11.4 Å². The smallest absolute Gasteiger partial charge is 0.321 e. The highest BCUT2D eigenvalue weighted by Crippen LogP contribution is 2.28. The number of rotatable bonds is 6. The number of nitriles is 1. The molecule has 0 aliphatic heterocycles. The number of nitrogens with one attached hydrogen (secondary N) is 1. The first-order chi connectivity index (χ1) is 9.62. The molecule has 1 aromatic carbocycles. The van der Waals surface area contributed by atoms with Gasteiger partial charge >= 0.3 is 6.03 Å². The van der Waals surface area contributed by atoms with E-state index in [1.54, 1.807) is 16.7 Å². The predicted octanol–water partition coefficient (Wildman–Crippen LogP) is 3.81. The second-order valence-corrected chi connectivity index (χ2v) is 5.50. The van der Waals surface area contributed by atoms with Crippen LogP contribution in [0.1, 0.15) is 20.8 Å². The van der Waals surface area contributed by atoms with Crippen molar-refractivity contribution in [1.29, 1.82) is 5.26 Å². The highest BCUT2D eigenvalue weighted by molar-refractivity contribution is 7.99. The summed E-state index contributed by atoms with van der Waals surface area (Å²) in [6.07, 6.45) is 0. The lowest BCUT2D eigenvalue weighted by atomic mass is 10.3. The molecule has 0 aromatic heterocycles. The molecule has 4 nitrogen and oxygen atoms in total. The van der Waals surface area contributed by atoms with E-state index in [1.807, 2.05) is 45.0 Å². The molecule has 0 heterocycles. The second kappa shape index (κ2) is 8.49. The number of thioether (sulfide) groups is 1. The third-order valence-corrected chi connectivity index (χ3v) is 4.22. The molecule has 0 radical (unpaired) electrons. The van der Waals surface area contributed by atoms with Crippen molar-refractivity contribution in [1.82, 2.24) is 4.90 Å². The Labute approximate surface area is 125 Å². The number of para-hydroxylation sites is 1. The summed E-state index contributed by atoms with van der Waals surface area (Å²) < 4.78 is 0. The first kappa shape index (κ1) is 16.4. The van der Waals surface area contributed by atoms with Crippen LogP contribution < -0.4 is 5.32 Å². The Morgan fingerprint density at radius 2 is 2.05 bits per heavy atom. The number of nitrogens with zero attached hydrogens (tertiary/aromatic N) is 2. The molecule has 1 rings (SSSR count). The van der Waals surface area contributed by atoms with Gasteiger partial charge in [0.25, 0.3) is 0 Å². The number of carbonyl (C=O) groups excluding carboxylic acids is 1. The van der Waals surface area contributed by atoms with Crippen LogP contribution in [0.3, 0.4) is 0 Å². The van der Waals surface area contributed by atoms with Gasteiger partial charge in [-0.15, -0.1) is 11.8 Å². The quantitative estimate of drug-likeness (QED) is 0.811. The second-order valence-electron chi connectivity index (χ2n) is 4.44. The Morgan fingerprint density at radius 3 is 2.65 bits per heavy atom. The molecule has 0 aliphatic carbocycles. The van der Waals surface area contributed by atoms with Crippen LogP contribution in [-0.4, -0.2) is 29.8 Å². The standard InChI is InChI=1S/C15H21N3OS/c1-4-18(5-2)15(19)17-13-8-6-7-9-14(13)20-11-12(3)10-16/h6-9,12H,4-5,11H2,1-3H3,(H,17,19). The molecular weight excluding hydrogens is 270 g/mol. The molecule has 5 heteroatoms. The zero-order chi connectivity index (χ0) is 15.0. The monoisotopic (exact) mass is 291 g/mol. The lowest BCUT2D eigenvalue weighted by Gasteiger charge is -2.20. The van der Waals surface area contributed by atoms with E-state index >= 15 is 0 Å². The van der Waals surface area contributed by atoms with Crippen molar-refractivity contribution in [2.75, 3.05) is 24.2 Å². The summed E-state index contributed by atoms with van der Waals surface area (Å²) >= 11 is 1.59. The topological polar surface area (TPSA) is 56.1 Å². The van der Waals surface area contributed by atoms with E-state index in [0.717, 1.165) is 10.6 Å². The summed E-state index contributed by atoms with van der Waals surface area (Å²) in [7, 11) is 0. The normalized spacial score (nSPS) is 11.5. The van der Waals surface area contributed by atoms with Crippen LogP contribution in [0.25, 0.3) is 0 Å². The van der Waals surface area contributed by atoms with Crippen LogP contribution in [0.5, 0.6) is 0 Å². The van der Waals surface area contributed by atoms with E-state index in [0.29, 0.717) is 18.8 Å². The van der Waals surface area contributed by atoms with Gasteiger partial charge in [0.05, 0.1) is 17.7 Å². The van der Waals surface area contributed by atoms with Gasteiger partial charge in [-0.1, -0.05) is 12.1 Å². The minimum absolute atomic E-state index is 0.00783. The van der Waals surface area contributed by atoms with Crippen LogP contribution in [0.4, 0.5) is 10.5 Å². The fourth-order valence-corrected chi connectivity index (χ4v) is 2.61. The van der Waals surface area contributed by atoms with Gasteiger partial charge in [0.2, 0.25) is 0 Å². The lowest BCUT2D eigenvalue weighted by Crippen LogP contribution is -2.34. The van der Waals surface area contributed by atoms with Gasteiger partial charge in [0.1, 0.15) is 0 Å². The zero-order valence-corrected chi connectivity index (χ0v) is 13.0. The number of carbonyl (C=O) groups is 1. The largest absolute Gasteiger partial charge is 0.325 e. The molecule has 108 valence electrons. The van der Waals surface area contributed by atoms with Gasteiger partial charge in [0, 0.05) is 23.7 Å². The lowest BCUT2D eigenvalue weighted by molar-refractivity contribution is 0.217. The molecule has 0 bridgehead atoms. The van der Waals surface area contributed by atoms with Gasteiger partial charge in [-0.25, -0.2) is 4.79 Å². The summed E-state index contributed by atoms with van der Waals surface area (Å²) in [5.74, 6) is 0.709. The summed E-state index contributed by atoms with van der Waals surface area (Å²) in [4.78, 5) is 14.8. The molecule has 1 atom stereocenters. The molecule has 0 aliphatic rings. The predicted molar refractivity (Wildman–Crippen MR) is 83.9 cm³/mol. The number of benzene rings is 1. The SMILES string of the molecule is CCN(CC)C(=O)Nc1ccccc1SCC(C)C#N. The third-order valence-electron chi connectivity index (χ3n) is 2.89. The van der Waals surface area contributed by atoms with Gasteiger partial charge in [0.15, 0.2) is 0 Å². The molecule has 20 heavy (non-hydrogen) atoms. The van der Waals surface area contributed by atoms with Crippen molar-refractivity contribution in [2.45, 2.75) is 25.7 Å². The van der Waals surface area contributed by atoms with Crippen molar-refractivity contribution < 1.29 is 4.79 Å². The Kier molecular flexibility index (Phi) is 6.96. The molecule has 0 saturated heterocycles. The van der Waals surface area contributed by atoms with Crippen LogP contribution in [0.2, 0.25) is 0 Å². The maximum absolute atomic E-state index is 12.1. The summed E-state index contributed by atoms with van der Waals surface area (Å²) in [5, 5.41) is 11.8. The van der Waals surface area contributed by atoms with Crippen LogP contribution in [-0.2, 0) is 0 Å². The van der Waals surface area contributed by atoms with E-state index in [1.165, 1.54) is 0 Å². The first-order valence-corrected chi connectivity index (χ1v) is 7.78. The van der Waals surface area contributed by atoms with Crippen molar-refractivity contribution in [2.24, 2.45) is 5.92 Å². The third kappa shape index (κ3) is 4.78. The molecule has 2 amide bonds. The molecule has 1 N–H and O–H groups in total. The molecule has 0 spiro atoms. The highest BCUT2D eigenvalue weighted by Gasteiger charge is 2.12. The number of amides is 2. The van der Waals surface area contributed by atoms with Crippen molar-refractivity contribution in [3.8, 4) is 6.07 Å². The Bertz CT molecular complexity index is 480. The highest BCUT2D eigenvalue weighted by atomic mass is 32.2.